The van der Waals surface area contributed by atoms with Gasteiger partial charge in [-0.3, -0.25) is 10.1 Å². The topological polar surface area (TPSA) is 85.0 Å². The first-order chi connectivity index (χ1) is 12.8. The number of para-hydroxylation sites is 1. The van der Waals surface area contributed by atoms with Gasteiger partial charge in [0.25, 0.3) is 11.2 Å². The number of aromatic nitrogens is 3. The molecule has 136 valence electrons. The van der Waals surface area contributed by atoms with E-state index in [1.807, 2.05) is 0 Å². The number of nitro groups is 1. The van der Waals surface area contributed by atoms with Gasteiger partial charge in [-0.1, -0.05) is 28.1 Å². The fourth-order valence-electron chi connectivity index (χ4n) is 2.96. The highest BCUT2D eigenvalue weighted by atomic mass is 19.4. The molecule has 4 aromatic rings. The Morgan fingerprint density at radius 2 is 1.78 bits per heavy atom. The highest BCUT2D eigenvalue weighted by molar-refractivity contribution is 5.87. The van der Waals surface area contributed by atoms with Gasteiger partial charge < -0.3 is 0 Å². The molecule has 0 amide bonds. The molecule has 0 aliphatic rings. The number of H-pyrrole nitrogens is 1. The van der Waals surface area contributed by atoms with Crippen LogP contribution in [0.5, 0.6) is 0 Å². The number of hydrogen-bond acceptors (Lipinski definition) is 3. The van der Waals surface area contributed by atoms with E-state index in [2.05, 4.69) is 5.21 Å². The van der Waals surface area contributed by atoms with Crippen molar-refractivity contribution in [2.75, 3.05) is 0 Å². The fourth-order valence-corrected chi connectivity index (χ4v) is 2.96. The highest BCUT2D eigenvalue weighted by Crippen LogP contribution is 2.30. The molecule has 0 aliphatic carbocycles. The van der Waals surface area contributed by atoms with Crippen molar-refractivity contribution in [3.05, 3.63) is 80.6 Å². The summed E-state index contributed by atoms with van der Waals surface area (Å²) >= 11 is 0. The SMILES string of the molecule is O=c1c2cc([N+](=O)[O-])c3ccccc3[n+]2[nH]n1-c1cccc(C(F)(F)F)c1. The summed E-state index contributed by atoms with van der Waals surface area (Å²) in [4.78, 5) is 23.5. The number of nitrogens with one attached hydrogen (secondary N) is 1. The maximum Gasteiger partial charge on any atom is 0.416 e. The van der Waals surface area contributed by atoms with E-state index in [4.69, 9.17) is 0 Å². The number of benzene rings is 2. The van der Waals surface area contributed by atoms with Gasteiger partial charge in [-0.05, 0) is 30.3 Å². The summed E-state index contributed by atoms with van der Waals surface area (Å²) in [6.45, 7) is 0. The summed E-state index contributed by atoms with van der Waals surface area (Å²) in [5.74, 6) is 0. The summed E-state index contributed by atoms with van der Waals surface area (Å²) in [5, 5.41) is 14.3. The molecule has 10 heteroatoms. The van der Waals surface area contributed by atoms with Crippen molar-refractivity contribution in [3.8, 4) is 5.69 Å². The van der Waals surface area contributed by atoms with E-state index in [1.165, 1.54) is 22.7 Å². The molecule has 0 saturated carbocycles. The molecule has 4 rings (SSSR count). The predicted molar refractivity (Wildman–Crippen MR) is 88.7 cm³/mol. The molecule has 27 heavy (non-hydrogen) atoms. The average Bonchev–Trinajstić information content (AvgIpc) is 2.97. The summed E-state index contributed by atoms with van der Waals surface area (Å²) in [6, 6.07) is 11.7. The van der Waals surface area contributed by atoms with Crippen LogP contribution in [0.4, 0.5) is 18.9 Å². The normalized spacial score (nSPS) is 12.0. The van der Waals surface area contributed by atoms with E-state index in [0.29, 0.717) is 5.52 Å². The first kappa shape index (κ1) is 16.8. The Morgan fingerprint density at radius 3 is 2.48 bits per heavy atom. The zero-order valence-corrected chi connectivity index (χ0v) is 13.4. The van der Waals surface area contributed by atoms with Crippen LogP contribution in [0.2, 0.25) is 0 Å². The first-order valence-corrected chi connectivity index (χ1v) is 7.68. The van der Waals surface area contributed by atoms with Crippen molar-refractivity contribution in [1.82, 2.24) is 9.90 Å². The monoisotopic (exact) mass is 375 g/mol. The summed E-state index contributed by atoms with van der Waals surface area (Å²) in [6.07, 6.45) is -4.57. The van der Waals surface area contributed by atoms with Gasteiger partial charge in [0.2, 0.25) is 0 Å². The quantitative estimate of drug-likeness (QED) is 0.332. The van der Waals surface area contributed by atoms with Crippen molar-refractivity contribution in [1.29, 1.82) is 0 Å². The van der Waals surface area contributed by atoms with Gasteiger partial charge in [-0.15, -0.1) is 4.52 Å². The van der Waals surface area contributed by atoms with Gasteiger partial charge in [0.15, 0.2) is 11.2 Å². The minimum Gasteiger partial charge on any atom is -0.258 e. The predicted octanol–water partition coefficient (Wildman–Crippen LogP) is 2.98. The number of aromatic amines is 1. The van der Waals surface area contributed by atoms with Crippen LogP contribution < -0.4 is 10.1 Å². The lowest BCUT2D eigenvalue weighted by atomic mass is 10.2. The summed E-state index contributed by atoms with van der Waals surface area (Å²) in [7, 11) is 0. The van der Waals surface area contributed by atoms with Crippen molar-refractivity contribution < 1.29 is 22.6 Å². The maximum absolute atomic E-state index is 13.0. The Bertz CT molecular complexity index is 1270. The van der Waals surface area contributed by atoms with Crippen molar-refractivity contribution in [3.63, 3.8) is 0 Å². The van der Waals surface area contributed by atoms with Gasteiger partial charge in [0, 0.05) is 0 Å². The van der Waals surface area contributed by atoms with E-state index in [-0.39, 0.29) is 22.3 Å². The molecule has 1 N–H and O–H groups in total. The summed E-state index contributed by atoms with van der Waals surface area (Å²) < 4.78 is 41.1. The second kappa shape index (κ2) is 5.66. The van der Waals surface area contributed by atoms with Crippen LogP contribution in [0.3, 0.4) is 0 Å². The molecule has 0 fully saturated rings. The molecular weight excluding hydrogens is 365 g/mol. The Labute approximate surface area is 148 Å². The number of nitrogens with zero attached hydrogens (tertiary/aromatic N) is 3. The van der Waals surface area contributed by atoms with E-state index in [9.17, 15) is 28.1 Å². The van der Waals surface area contributed by atoms with E-state index in [0.717, 1.165) is 22.9 Å². The molecule has 0 bridgehead atoms. The molecule has 0 radical (unpaired) electrons. The lowest BCUT2D eigenvalue weighted by molar-refractivity contribution is -0.556. The lowest BCUT2D eigenvalue weighted by Crippen LogP contribution is -2.26. The molecule has 2 heterocycles. The van der Waals surface area contributed by atoms with Gasteiger partial charge >= 0.3 is 11.7 Å². The maximum atomic E-state index is 13.0. The Morgan fingerprint density at radius 1 is 1.04 bits per heavy atom. The van der Waals surface area contributed by atoms with E-state index >= 15 is 0 Å². The average molecular weight is 375 g/mol. The number of alkyl halides is 3. The number of rotatable bonds is 2. The molecule has 2 aromatic carbocycles. The molecule has 2 aromatic heterocycles. The molecular formula is C17H10F3N4O3+. The minimum atomic E-state index is -4.57. The van der Waals surface area contributed by atoms with Gasteiger partial charge in [0.05, 0.1) is 16.6 Å². The second-order valence-electron chi connectivity index (χ2n) is 5.81. The zero-order valence-electron chi connectivity index (χ0n) is 13.4. The van der Waals surface area contributed by atoms with Crippen molar-refractivity contribution in [2.45, 2.75) is 6.18 Å². The van der Waals surface area contributed by atoms with Gasteiger partial charge in [0.1, 0.15) is 5.39 Å². The van der Waals surface area contributed by atoms with Crippen LogP contribution >= 0.6 is 0 Å². The highest BCUT2D eigenvalue weighted by Gasteiger charge is 2.32. The largest absolute Gasteiger partial charge is 0.416 e. The molecule has 0 atom stereocenters. The van der Waals surface area contributed by atoms with Crippen molar-refractivity contribution >= 4 is 22.1 Å². The van der Waals surface area contributed by atoms with Crippen LogP contribution in [0.1, 0.15) is 5.56 Å². The molecule has 0 aliphatic heterocycles. The third-order valence-electron chi connectivity index (χ3n) is 4.19. The zero-order chi connectivity index (χ0) is 19.3. The van der Waals surface area contributed by atoms with Crippen molar-refractivity contribution in [2.24, 2.45) is 0 Å². The van der Waals surface area contributed by atoms with Gasteiger partial charge in [-0.2, -0.15) is 13.2 Å². The third kappa shape index (κ3) is 2.62. The number of halogens is 3. The van der Waals surface area contributed by atoms with Crippen LogP contribution in [0.15, 0.2) is 59.4 Å². The molecule has 0 unspecified atom stereocenters. The Kier molecular flexibility index (Phi) is 3.51. The number of fused-ring (bicyclic) bond motifs is 3. The van der Waals surface area contributed by atoms with Crippen LogP contribution in [0, 0.1) is 10.1 Å². The smallest absolute Gasteiger partial charge is 0.258 e. The van der Waals surface area contributed by atoms with Crippen LogP contribution in [-0.4, -0.2) is 14.8 Å². The Balaban J connectivity index is 2.05. The lowest BCUT2D eigenvalue weighted by Gasteiger charge is -2.05. The Hall–Kier alpha value is -3.69. The first-order valence-electron chi connectivity index (χ1n) is 7.68. The van der Waals surface area contributed by atoms with Crippen LogP contribution in [0.25, 0.3) is 22.1 Å². The molecule has 0 saturated heterocycles. The number of pyridine rings is 1. The molecule has 0 spiro atoms. The minimum absolute atomic E-state index is 0.0368. The number of hydrogen-bond donors (Lipinski definition) is 1. The van der Waals surface area contributed by atoms with E-state index in [1.54, 1.807) is 18.2 Å². The molecule has 7 nitrogen and oxygen atoms in total. The van der Waals surface area contributed by atoms with Gasteiger partial charge in [-0.25, -0.2) is 4.79 Å². The third-order valence-corrected chi connectivity index (χ3v) is 4.19. The summed E-state index contributed by atoms with van der Waals surface area (Å²) in [5.41, 5.74) is -1.62. The van der Waals surface area contributed by atoms with E-state index < -0.39 is 22.2 Å². The van der Waals surface area contributed by atoms with Crippen LogP contribution in [-0.2, 0) is 6.18 Å². The standard InChI is InChI=1S/C17H9F3N4O3/c18-17(19,20)10-4-3-5-11(8-10)22-16(25)15-9-14(24(26)27)12-6-1-2-7-13(12)23(15)21-22/h1-9H/p+1. The second-order valence-corrected chi connectivity index (χ2v) is 5.81. The fraction of sp³-hybridized carbons (Fsp3) is 0.0588.